The minimum atomic E-state index is 0.123. The first-order chi connectivity index (χ1) is 15.6. The SMILES string of the molecule is Cc1cccc(Nc2nc3c(-c4ccncn4)c(-c4ccccc4C#N)nc(N)n3n2)n1. The van der Waals surface area contributed by atoms with Crippen molar-refractivity contribution in [3.63, 3.8) is 0 Å². The number of aryl methyl sites for hydroxylation is 1. The summed E-state index contributed by atoms with van der Waals surface area (Å²) in [7, 11) is 0. The predicted octanol–water partition coefficient (Wildman–Crippen LogP) is 3.15. The van der Waals surface area contributed by atoms with E-state index in [0.29, 0.717) is 45.5 Å². The Balaban J connectivity index is 1.77. The van der Waals surface area contributed by atoms with Crippen LogP contribution in [0.4, 0.5) is 17.7 Å². The van der Waals surface area contributed by atoms with E-state index >= 15 is 0 Å². The van der Waals surface area contributed by atoms with E-state index in [1.54, 1.807) is 24.4 Å². The summed E-state index contributed by atoms with van der Waals surface area (Å²) >= 11 is 0. The van der Waals surface area contributed by atoms with Gasteiger partial charge >= 0.3 is 0 Å². The first-order valence-corrected chi connectivity index (χ1v) is 9.67. The molecule has 0 spiro atoms. The van der Waals surface area contributed by atoms with E-state index in [4.69, 9.17) is 5.73 Å². The van der Waals surface area contributed by atoms with Crippen LogP contribution in [0.5, 0.6) is 0 Å². The molecule has 0 aliphatic carbocycles. The van der Waals surface area contributed by atoms with Crippen LogP contribution in [0.25, 0.3) is 28.2 Å². The summed E-state index contributed by atoms with van der Waals surface area (Å²) in [6.45, 7) is 1.90. The average Bonchev–Trinajstić information content (AvgIpc) is 3.23. The topological polar surface area (TPSA) is 144 Å². The number of hydrogen-bond acceptors (Lipinski definition) is 9. The van der Waals surface area contributed by atoms with E-state index in [1.165, 1.54) is 10.8 Å². The molecule has 10 nitrogen and oxygen atoms in total. The minimum absolute atomic E-state index is 0.123. The molecule has 0 fully saturated rings. The predicted molar refractivity (Wildman–Crippen MR) is 119 cm³/mol. The quantitative estimate of drug-likeness (QED) is 0.448. The lowest BCUT2D eigenvalue weighted by atomic mass is 10.00. The maximum atomic E-state index is 9.63. The molecule has 0 radical (unpaired) electrons. The van der Waals surface area contributed by atoms with Crippen molar-refractivity contribution >= 4 is 23.4 Å². The van der Waals surface area contributed by atoms with Crippen molar-refractivity contribution in [3.05, 3.63) is 72.3 Å². The molecule has 3 N–H and O–H groups in total. The molecular formula is C22H16N10. The van der Waals surface area contributed by atoms with Crippen molar-refractivity contribution in [1.29, 1.82) is 5.26 Å². The van der Waals surface area contributed by atoms with Gasteiger partial charge in [-0.25, -0.2) is 19.9 Å². The van der Waals surface area contributed by atoms with Crippen LogP contribution in [0.15, 0.2) is 61.1 Å². The zero-order valence-electron chi connectivity index (χ0n) is 16.9. The van der Waals surface area contributed by atoms with E-state index in [1.807, 2.05) is 37.3 Å². The average molecular weight is 420 g/mol. The van der Waals surface area contributed by atoms with Gasteiger partial charge in [0.1, 0.15) is 12.1 Å². The second kappa shape index (κ2) is 7.73. The Morgan fingerprint density at radius 1 is 1.03 bits per heavy atom. The monoisotopic (exact) mass is 420 g/mol. The van der Waals surface area contributed by atoms with Gasteiger partial charge in [0, 0.05) is 17.5 Å². The van der Waals surface area contributed by atoms with Gasteiger partial charge in [-0.1, -0.05) is 24.3 Å². The number of rotatable bonds is 4. The number of hydrogen-bond donors (Lipinski definition) is 2. The molecule has 10 heteroatoms. The number of nitrogens with zero attached hydrogens (tertiary/aromatic N) is 8. The number of nitrogens with one attached hydrogen (secondary N) is 1. The molecule has 0 saturated heterocycles. The van der Waals surface area contributed by atoms with Gasteiger partial charge in [0.15, 0.2) is 5.65 Å². The molecule has 5 aromatic rings. The third-order valence-corrected chi connectivity index (χ3v) is 4.78. The summed E-state index contributed by atoms with van der Waals surface area (Å²) in [5.74, 6) is 1.03. The zero-order chi connectivity index (χ0) is 22.1. The van der Waals surface area contributed by atoms with Crippen molar-refractivity contribution in [1.82, 2.24) is 34.5 Å². The number of anilines is 3. The summed E-state index contributed by atoms with van der Waals surface area (Å²) in [4.78, 5) is 22.0. The highest BCUT2D eigenvalue weighted by Crippen LogP contribution is 2.35. The summed E-state index contributed by atoms with van der Waals surface area (Å²) in [6.07, 6.45) is 3.07. The Hall–Kier alpha value is -4.91. The van der Waals surface area contributed by atoms with Crippen molar-refractivity contribution in [2.45, 2.75) is 6.92 Å². The third kappa shape index (κ3) is 3.33. The maximum absolute atomic E-state index is 9.63. The number of nitrogens with two attached hydrogens (primary N) is 1. The second-order valence-electron chi connectivity index (χ2n) is 6.91. The number of benzene rings is 1. The number of aromatic nitrogens is 7. The highest BCUT2D eigenvalue weighted by atomic mass is 15.4. The fourth-order valence-electron chi connectivity index (χ4n) is 3.39. The largest absolute Gasteiger partial charge is 0.368 e. The van der Waals surface area contributed by atoms with E-state index < -0.39 is 0 Å². The molecule has 4 aromatic heterocycles. The highest BCUT2D eigenvalue weighted by molar-refractivity contribution is 5.91. The molecular weight excluding hydrogens is 404 g/mol. The number of nitrogen functional groups attached to an aromatic ring is 1. The van der Waals surface area contributed by atoms with Gasteiger partial charge in [-0.2, -0.15) is 14.8 Å². The Bertz CT molecular complexity index is 1480. The van der Waals surface area contributed by atoms with Gasteiger partial charge in [0.25, 0.3) is 0 Å². The Morgan fingerprint density at radius 3 is 2.69 bits per heavy atom. The Kier molecular flexibility index (Phi) is 4.61. The van der Waals surface area contributed by atoms with Crippen molar-refractivity contribution in [2.75, 3.05) is 11.1 Å². The number of fused-ring (bicyclic) bond motifs is 1. The fourth-order valence-corrected chi connectivity index (χ4v) is 3.39. The summed E-state index contributed by atoms with van der Waals surface area (Å²) in [5.41, 5.74) is 10.3. The molecule has 0 bridgehead atoms. The molecule has 32 heavy (non-hydrogen) atoms. The summed E-state index contributed by atoms with van der Waals surface area (Å²) < 4.78 is 1.44. The molecule has 0 unspecified atom stereocenters. The Labute approximate surface area is 182 Å². The molecule has 0 amide bonds. The lowest BCUT2D eigenvalue weighted by molar-refractivity contribution is 0.943. The van der Waals surface area contributed by atoms with Crippen LogP contribution in [0.2, 0.25) is 0 Å². The Morgan fingerprint density at radius 2 is 1.91 bits per heavy atom. The molecule has 4 heterocycles. The molecule has 0 saturated carbocycles. The molecule has 154 valence electrons. The molecule has 0 aliphatic rings. The van der Waals surface area contributed by atoms with Gasteiger partial charge in [0.05, 0.1) is 28.6 Å². The lowest BCUT2D eigenvalue weighted by Gasteiger charge is -2.12. The van der Waals surface area contributed by atoms with Gasteiger partial charge < -0.3 is 11.1 Å². The van der Waals surface area contributed by atoms with E-state index in [0.717, 1.165) is 5.69 Å². The van der Waals surface area contributed by atoms with Crippen LogP contribution in [0, 0.1) is 18.3 Å². The smallest absolute Gasteiger partial charge is 0.248 e. The van der Waals surface area contributed by atoms with Gasteiger partial charge in [-0.15, -0.1) is 5.10 Å². The lowest BCUT2D eigenvalue weighted by Crippen LogP contribution is -2.07. The van der Waals surface area contributed by atoms with Crippen LogP contribution >= 0.6 is 0 Å². The first kappa shape index (κ1) is 19.1. The standard InChI is InChI=1S/C22H16N10/c1-13-5-4-8-17(27-13)28-22-30-20-18(16-9-10-25-12-26-16)19(29-21(24)32(20)31-22)15-7-3-2-6-14(15)11-23/h2-10,12H,1H3,(H2,24,29)(H,27,28,31). The molecule has 0 atom stereocenters. The van der Waals surface area contributed by atoms with Crippen LogP contribution in [-0.2, 0) is 0 Å². The van der Waals surface area contributed by atoms with E-state index in [9.17, 15) is 5.26 Å². The van der Waals surface area contributed by atoms with Crippen LogP contribution in [0.3, 0.4) is 0 Å². The van der Waals surface area contributed by atoms with Gasteiger partial charge in [-0.3, -0.25) is 0 Å². The van der Waals surface area contributed by atoms with Crippen molar-refractivity contribution in [2.24, 2.45) is 0 Å². The molecule has 5 rings (SSSR count). The van der Waals surface area contributed by atoms with Crippen molar-refractivity contribution < 1.29 is 0 Å². The first-order valence-electron chi connectivity index (χ1n) is 9.67. The van der Waals surface area contributed by atoms with Crippen LogP contribution in [0.1, 0.15) is 11.3 Å². The van der Waals surface area contributed by atoms with Crippen LogP contribution < -0.4 is 11.1 Å². The second-order valence-corrected chi connectivity index (χ2v) is 6.91. The van der Waals surface area contributed by atoms with Gasteiger partial charge in [0.2, 0.25) is 11.9 Å². The molecule has 1 aromatic carbocycles. The van der Waals surface area contributed by atoms with Gasteiger partial charge in [-0.05, 0) is 31.2 Å². The minimum Gasteiger partial charge on any atom is -0.368 e. The maximum Gasteiger partial charge on any atom is 0.248 e. The normalized spacial score (nSPS) is 10.8. The number of nitriles is 1. The fraction of sp³-hybridized carbons (Fsp3) is 0.0455. The van der Waals surface area contributed by atoms with Crippen LogP contribution in [-0.4, -0.2) is 34.5 Å². The highest BCUT2D eigenvalue weighted by Gasteiger charge is 2.22. The zero-order valence-corrected chi connectivity index (χ0v) is 16.9. The molecule has 0 aliphatic heterocycles. The third-order valence-electron chi connectivity index (χ3n) is 4.78. The van der Waals surface area contributed by atoms with E-state index in [-0.39, 0.29) is 5.95 Å². The van der Waals surface area contributed by atoms with E-state index in [2.05, 4.69) is 41.4 Å². The summed E-state index contributed by atoms with van der Waals surface area (Å²) in [6, 6.07) is 16.7. The van der Waals surface area contributed by atoms with Crippen molar-refractivity contribution in [3.8, 4) is 28.6 Å². The number of pyridine rings is 1. The summed E-state index contributed by atoms with van der Waals surface area (Å²) in [5, 5.41) is 17.2.